The van der Waals surface area contributed by atoms with Crippen molar-refractivity contribution in [3.05, 3.63) is 30.1 Å². The molecule has 0 spiro atoms. The minimum atomic E-state index is -0.345. The quantitative estimate of drug-likeness (QED) is 0.799. The molecular formula is C13H19FN2O. The van der Waals surface area contributed by atoms with Crippen LogP contribution < -0.4 is 10.6 Å². The predicted molar refractivity (Wildman–Crippen MR) is 67.4 cm³/mol. The highest BCUT2D eigenvalue weighted by atomic mass is 19.1. The standard InChI is InChI=1S/C13H19FN2O/c1-3-10(4-2)16-13(17)9-15-12-8-6-5-7-11(12)14/h5-8,10,15H,3-4,9H2,1-2H3,(H,16,17). The number of hydrogen-bond donors (Lipinski definition) is 2. The molecule has 0 radical (unpaired) electrons. The molecule has 17 heavy (non-hydrogen) atoms. The van der Waals surface area contributed by atoms with E-state index in [1.165, 1.54) is 6.07 Å². The third kappa shape index (κ3) is 4.43. The van der Waals surface area contributed by atoms with Gasteiger partial charge < -0.3 is 10.6 Å². The van der Waals surface area contributed by atoms with Gasteiger partial charge in [-0.05, 0) is 25.0 Å². The number of rotatable bonds is 6. The summed E-state index contributed by atoms with van der Waals surface area (Å²) in [5, 5.41) is 5.66. The number of carbonyl (C=O) groups excluding carboxylic acids is 1. The number of nitrogens with one attached hydrogen (secondary N) is 2. The van der Waals surface area contributed by atoms with Gasteiger partial charge in [-0.3, -0.25) is 4.79 Å². The summed E-state index contributed by atoms with van der Waals surface area (Å²) in [5.41, 5.74) is 0.354. The van der Waals surface area contributed by atoms with Crippen LogP contribution in [0.1, 0.15) is 26.7 Å². The zero-order chi connectivity index (χ0) is 12.7. The summed E-state index contributed by atoms with van der Waals surface area (Å²) in [4.78, 5) is 11.6. The minimum Gasteiger partial charge on any atom is -0.374 e. The third-order valence-corrected chi connectivity index (χ3v) is 2.66. The first-order chi connectivity index (χ1) is 8.17. The molecule has 94 valence electrons. The van der Waals surface area contributed by atoms with Crippen LogP contribution in [0.5, 0.6) is 0 Å². The summed E-state index contributed by atoms with van der Waals surface area (Å²) in [6.07, 6.45) is 1.81. The highest BCUT2D eigenvalue weighted by Crippen LogP contribution is 2.11. The molecule has 1 amide bonds. The number of halogens is 1. The van der Waals surface area contributed by atoms with Gasteiger partial charge in [0, 0.05) is 6.04 Å². The maximum Gasteiger partial charge on any atom is 0.239 e. The Hall–Kier alpha value is -1.58. The minimum absolute atomic E-state index is 0.0947. The average molecular weight is 238 g/mol. The van der Waals surface area contributed by atoms with E-state index < -0.39 is 0 Å². The number of anilines is 1. The average Bonchev–Trinajstić information content (AvgIpc) is 2.35. The van der Waals surface area contributed by atoms with Gasteiger partial charge in [-0.2, -0.15) is 0 Å². The van der Waals surface area contributed by atoms with Gasteiger partial charge in [0.2, 0.25) is 5.91 Å². The van der Waals surface area contributed by atoms with Crippen LogP contribution in [0.15, 0.2) is 24.3 Å². The molecule has 0 atom stereocenters. The van der Waals surface area contributed by atoms with Crippen molar-refractivity contribution in [1.29, 1.82) is 0 Å². The second-order valence-corrected chi connectivity index (χ2v) is 3.91. The highest BCUT2D eigenvalue weighted by Gasteiger charge is 2.08. The van der Waals surface area contributed by atoms with Crippen LogP contribution in [-0.2, 0) is 4.79 Å². The van der Waals surface area contributed by atoms with Crippen LogP contribution >= 0.6 is 0 Å². The van der Waals surface area contributed by atoms with E-state index in [9.17, 15) is 9.18 Å². The Balaban J connectivity index is 2.41. The van der Waals surface area contributed by atoms with Gasteiger partial charge in [0.15, 0.2) is 0 Å². The van der Waals surface area contributed by atoms with E-state index in [1.54, 1.807) is 18.2 Å². The van der Waals surface area contributed by atoms with Crippen molar-refractivity contribution in [3.8, 4) is 0 Å². The van der Waals surface area contributed by atoms with Crippen molar-refractivity contribution < 1.29 is 9.18 Å². The lowest BCUT2D eigenvalue weighted by Crippen LogP contribution is -2.37. The van der Waals surface area contributed by atoms with Crippen molar-refractivity contribution in [2.24, 2.45) is 0 Å². The van der Waals surface area contributed by atoms with Crippen LogP contribution in [0, 0.1) is 5.82 Å². The van der Waals surface area contributed by atoms with Crippen LogP contribution in [0.25, 0.3) is 0 Å². The molecule has 0 fully saturated rings. The molecule has 0 bridgehead atoms. The van der Waals surface area contributed by atoms with Gasteiger partial charge in [-0.15, -0.1) is 0 Å². The summed E-state index contributed by atoms with van der Waals surface area (Å²) >= 11 is 0. The normalized spacial score (nSPS) is 10.4. The van der Waals surface area contributed by atoms with Crippen LogP contribution in [0.2, 0.25) is 0 Å². The van der Waals surface area contributed by atoms with Gasteiger partial charge in [-0.1, -0.05) is 26.0 Å². The number of benzene rings is 1. The lowest BCUT2D eigenvalue weighted by atomic mass is 10.2. The first-order valence-electron chi connectivity index (χ1n) is 5.95. The summed E-state index contributed by atoms with van der Waals surface area (Å²) in [5.74, 6) is -0.454. The van der Waals surface area contributed by atoms with E-state index in [0.717, 1.165) is 12.8 Å². The Bertz CT molecular complexity index is 364. The SMILES string of the molecule is CCC(CC)NC(=O)CNc1ccccc1F. The van der Waals surface area contributed by atoms with Gasteiger partial charge in [0.1, 0.15) is 5.82 Å². The molecule has 1 aromatic carbocycles. The molecule has 4 heteroatoms. The van der Waals surface area contributed by atoms with E-state index in [4.69, 9.17) is 0 Å². The Morgan fingerprint density at radius 2 is 1.94 bits per heavy atom. The zero-order valence-corrected chi connectivity index (χ0v) is 10.3. The van der Waals surface area contributed by atoms with E-state index in [2.05, 4.69) is 10.6 Å². The Morgan fingerprint density at radius 3 is 2.53 bits per heavy atom. The summed E-state index contributed by atoms with van der Waals surface area (Å²) < 4.78 is 13.2. The molecule has 0 saturated carbocycles. The van der Waals surface area contributed by atoms with Gasteiger partial charge in [0.05, 0.1) is 12.2 Å². The van der Waals surface area contributed by atoms with Crippen molar-refractivity contribution in [2.45, 2.75) is 32.7 Å². The second-order valence-electron chi connectivity index (χ2n) is 3.91. The van der Waals surface area contributed by atoms with Crippen molar-refractivity contribution in [3.63, 3.8) is 0 Å². The maximum absolute atomic E-state index is 13.2. The molecular weight excluding hydrogens is 219 g/mol. The smallest absolute Gasteiger partial charge is 0.239 e. The fraction of sp³-hybridized carbons (Fsp3) is 0.462. The molecule has 0 aliphatic carbocycles. The van der Waals surface area contributed by atoms with E-state index in [-0.39, 0.29) is 24.3 Å². The fourth-order valence-corrected chi connectivity index (χ4v) is 1.55. The third-order valence-electron chi connectivity index (χ3n) is 2.66. The molecule has 0 heterocycles. The van der Waals surface area contributed by atoms with Crippen LogP contribution in [0.4, 0.5) is 10.1 Å². The van der Waals surface area contributed by atoms with E-state index in [1.807, 2.05) is 13.8 Å². The Morgan fingerprint density at radius 1 is 1.29 bits per heavy atom. The number of amides is 1. The van der Waals surface area contributed by atoms with Gasteiger partial charge in [0.25, 0.3) is 0 Å². The van der Waals surface area contributed by atoms with Crippen molar-refractivity contribution in [2.75, 3.05) is 11.9 Å². The predicted octanol–water partition coefficient (Wildman–Crippen LogP) is 2.54. The number of hydrogen-bond acceptors (Lipinski definition) is 2. The first kappa shape index (κ1) is 13.5. The zero-order valence-electron chi connectivity index (χ0n) is 10.3. The Kier molecular flexibility index (Phi) is 5.46. The largest absolute Gasteiger partial charge is 0.374 e. The lowest BCUT2D eigenvalue weighted by molar-refractivity contribution is -0.120. The van der Waals surface area contributed by atoms with Crippen LogP contribution in [-0.4, -0.2) is 18.5 Å². The van der Waals surface area contributed by atoms with Crippen molar-refractivity contribution >= 4 is 11.6 Å². The molecule has 0 aliphatic rings. The molecule has 3 nitrogen and oxygen atoms in total. The van der Waals surface area contributed by atoms with Gasteiger partial charge >= 0.3 is 0 Å². The molecule has 1 rings (SSSR count). The molecule has 2 N–H and O–H groups in total. The molecule has 0 unspecified atom stereocenters. The Labute approximate surface area is 101 Å². The highest BCUT2D eigenvalue weighted by molar-refractivity contribution is 5.80. The molecule has 0 saturated heterocycles. The molecule has 0 aliphatic heterocycles. The topological polar surface area (TPSA) is 41.1 Å². The lowest BCUT2D eigenvalue weighted by Gasteiger charge is -2.15. The number of para-hydroxylation sites is 1. The van der Waals surface area contributed by atoms with Crippen LogP contribution in [0.3, 0.4) is 0 Å². The summed E-state index contributed by atoms with van der Waals surface area (Å²) in [6.45, 7) is 4.15. The first-order valence-corrected chi connectivity index (χ1v) is 5.95. The fourth-order valence-electron chi connectivity index (χ4n) is 1.55. The molecule has 1 aromatic rings. The number of carbonyl (C=O) groups is 1. The maximum atomic E-state index is 13.2. The second kappa shape index (κ2) is 6.89. The molecule has 0 aromatic heterocycles. The van der Waals surface area contributed by atoms with Gasteiger partial charge in [-0.25, -0.2) is 4.39 Å². The van der Waals surface area contributed by atoms with E-state index >= 15 is 0 Å². The summed E-state index contributed by atoms with van der Waals surface area (Å²) in [6, 6.07) is 6.51. The summed E-state index contributed by atoms with van der Waals surface area (Å²) in [7, 11) is 0. The van der Waals surface area contributed by atoms with Crippen molar-refractivity contribution in [1.82, 2.24) is 5.32 Å². The van der Waals surface area contributed by atoms with E-state index in [0.29, 0.717) is 5.69 Å². The monoisotopic (exact) mass is 238 g/mol.